The fourth-order valence-electron chi connectivity index (χ4n) is 5.37. The Bertz CT molecular complexity index is 1580. The Morgan fingerprint density at radius 3 is 2.66 bits per heavy atom. The molecule has 5 aromatic rings. The second-order valence-corrected chi connectivity index (χ2v) is 10.2. The number of aromatic amines is 2. The Morgan fingerprint density at radius 2 is 1.79 bits per heavy atom. The predicted octanol–water partition coefficient (Wildman–Crippen LogP) is 3.45. The molecule has 2 aliphatic heterocycles. The van der Waals surface area contributed by atoms with E-state index < -0.39 is 0 Å². The molecule has 0 amide bonds. The summed E-state index contributed by atoms with van der Waals surface area (Å²) in [7, 11) is 2.16. The number of piperazine rings is 1. The Morgan fingerprint density at radius 1 is 0.921 bits per heavy atom. The van der Waals surface area contributed by atoms with Crippen LogP contribution in [0.3, 0.4) is 0 Å². The van der Waals surface area contributed by atoms with E-state index in [4.69, 9.17) is 14.7 Å². The number of pyridine rings is 2. The summed E-state index contributed by atoms with van der Waals surface area (Å²) in [6.45, 7) is 5.95. The van der Waals surface area contributed by atoms with E-state index >= 15 is 0 Å². The van der Waals surface area contributed by atoms with Crippen molar-refractivity contribution in [2.45, 2.75) is 18.9 Å². The molecule has 0 saturated carbocycles. The fourth-order valence-corrected chi connectivity index (χ4v) is 5.37. The summed E-state index contributed by atoms with van der Waals surface area (Å²) in [4.78, 5) is 22.6. The Hall–Kier alpha value is -4.02. The van der Waals surface area contributed by atoms with Crippen LogP contribution in [0.5, 0.6) is 5.75 Å². The molecule has 2 saturated heterocycles. The average Bonchev–Trinajstić information content (AvgIpc) is 3.58. The highest BCUT2D eigenvalue weighted by Gasteiger charge is 2.21. The van der Waals surface area contributed by atoms with Crippen molar-refractivity contribution >= 4 is 27.8 Å². The van der Waals surface area contributed by atoms with Crippen LogP contribution in [0.4, 0.5) is 5.69 Å². The molecule has 10 nitrogen and oxygen atoms in total. The molecular formula is C28H31N9O. The first-order valence-corrected chi connectivity index (χ1v) is 13.3. The van der Waals surface area contributed by atoms with Gasteiger partial charge in [-0.2, -0.15) is 5.10 Å². The summed E-state index contributed by atoms with van der Waals surface area (Å²) in [5.74, 6) is 1.56. The molecule has 0 unspecified atom stereocenters. The molecule has 1 aromatic carbocycles. The number of benzene rings is 1. The number of piperidine rings is 1. The molecule has 0 aliphatic carbocycles. The smallest absolute Gasteiger partial charge is 0.161 e. The van der Waals surface area contributed by atoms with Gasteiger partial charge in [0.1, 0.15) is 22.9 Å². The van der Waals surface area contributed by atoms with Gasteiger partial charge in [-0.25, -0.2) is 9.97 Å². The fraction of sp³-hybridized carbons (Fsp3) is 0.357. The van der Waals surface area contributed by atoms with Gasteiger partial charge in [0.2, 0.25) is 0 Å². The Balaban J connectivity index is 1.22. The third-order valence-electron chi connectivity index (χ3n) is 7.57. The number of anilines is 1. The lowest BCUT2D eigenvalue weighted by Gasteiger charge is -2.33. The average molecular weight is 510 g/mol. The van der Waals surface area contributed by atoms with Crippen LogP contribution >= 0.6 is 0 Å². The zero-order chi connectivity index (χ0) is 25.5. The van der Waals surface area contributed by atoms with E-state index in [9.17, 15) is 0 Å². The molecule has 7 rings (SSSR count). The van der Waals surface area contributed by atoms with E-state index in [-0.39, 0.29) is 6.10 Å². The van der Waals surface area contributed by atoms with Gasteiger partial charge in [0, 0.05) is 31.7 Å². The van der Waals surface area contributed by atoms with Crippen LogP contribution in [-0.4, -0.2) is 87.5 Å². The third kappa shape index (κ3) is 4.35. The number of ether oxygens (including phenoxy) is 1. The van der Waals surface area contributed by atoms with Crippen molar-refractivity contribution in [3.8, 4) is 28.5 Å². The summed E-state index contributed by atoms with van der Waals surface area (Å²) in [6, 6.07) is 12.2. The molecule has 38 heavy (non-hydrogen) atoms. The van der Waals surface area contributed by atoms with Gasteiger partial charge >= 0.3 is 0 Å². The maximum atomic E-state index is 6.27. The molecule has 10 heteroatoms. The highest BCUT2D eigenvalue weighted by atomic mass is 16.5. The highest BCUT2D eigenvalue weighted by Crippen LogP contribution is 2.31. The molecule has 0 radical (unpaired) electrons. The molecule has 0 spiro atoms. The van der Waals surface area contributed by atoms with Crippen molar-refractivity contribution in [2.24, 2.45) is 0 Å². The van der Waals surface area contributed by atoms with Gasteiger partial charge in [-0.05, 0) is 57.2 Å². The molecule has 4 aromatic heterocycles. The summed E-state index contributed by atoms with van der Waals surface area (Å²) in [5, 5.41) is 11.1. The van der Waals surface area contributed by atoms with Crippen molar-refractivity contribution < 1.29 is 4.74 Å². The van der Waals surface area contributed by atoms with Crippen molar-refractivity contribution in [3.05, 3.63) is 48.8 Å². The van der Waals surface area contributed by atoms with Crippen molar-refractivity contribution in [1.29, 1.82) is 0 Å². The summed E-state index contributed by atoms with van der Waals surface area (Å²) < 4.78 is 6.27. The number of hydrogen-bond donors (Lipinski definition) is 3. The topological polar surface area (TPSA) is 111 Å². The maximum Gasteiger partial charge on any atom is 0.161 e. The molecule has 2 fully saturated rings. The predicted molar refractivity (Wildman–Crippen MR) is 148 cm³/mol. The van der Waals surface area contributed by atoms with Crippen LogP contribution in [0, 0.1) is 0 Å². The van der Waals surface area contributed by atoms with E-state index in [2.05, 4.69) is 54.5 Å². The minimum absolute atomic E-state index is 0.251. The normalized spacial score (nSPS) is 17.4. The maximum absolute atomic E-state index is 6.27. The number of imidazole rings is 1. The van der Waals surface area contributed by atoms with Crippen molar-refractivity contribution in [2.75, 3.05) is 51.2 Å². The summed E-state index contributed by atoms with van der Waals surface area (Å²) in [5.41, 5.74) is 7.08. The summed E-state index contributed by atoms with van der Waals surface area (Å²) in [6.07, 6.45) is 6.04. The number of H-pyrrole nitrogens is 2. The van der Waals surface area contributed by atoms with Crippen LogP contribution in [0.25, 0.3) is 44.8 Å². The van der Waals surface area contributed by atoms with Gasteiger partial charge in [-0.1, -0.05) is 12.1 Å². The van der Waals surface area contributed by atoms with Gasteiger partial charge in [0.25, 0.3) is 0 Å². The van der Waals surface area contributed by atoms with Gasteiger partial charge < -0.3 is 24.8 Å². The summed E-state index contributed by atoms with van der Waals surface area (Å²) >= 11 is 0. The lowest BCUT2D eigenvalue weighted by Crippen LogP contribution is -2.44. The van der Waals surface area contributed by atoms with Crippen LogP contribution in [0.15, 0.2) is 48.8 Å². The lowest BCUT2D eigenvalue weighted by atomic mass is 10.1. The molecule has 6 heterocycles. The SMILES string of the molecule is CN1CCN(c2cncc3[nH]c(-c4n[nH]c5ccc(-c6cccc(OC7CCNCC7)c6)nc45)nc23)CC1. The van der Waals surface area contributed by atoms with Crippen LogP contribution in [0.2, 0.25) is 0 Å². The largest absolute Gasteiger partial charge is 0.490 e. The van der Waals surface area contributed by atoms with Crippen molar-refractivity contribution in [1.82, 2.24) is 40.3 Å². The van der Waals surface area contributed by atoms with Gasteiger partial charge in [-0.3, -0.25) is 10.1 Å². The molecule has 2 aliphatic rings. The number of nitrogens with one attached hydrogen (secondary N) is 3. The van der Waals surface area contributed by atoms with Gasteiger partial charge in [0.05, 0.1) is 34.8 Å². The minimum atomic E-state index is 0.251. The van der Waals surface area contributed by atoms with Crippen LogP contribution in [-0.2, 0) is 0 Å². The van der Waals surface area contributed by atoms with E-state index in [1.807, 2.05) is 36.7 Å². The zero-order valence-electron chi connectivity index (χ0n) is 21.4. The standard InChI is InChI=1S/C28H31N9O/c1-36-11-13-37(14-12-36)24-17-30-16-23-25(24)33-28(32-23)27-26-22(34-35-27)6-5-21(31-26)18-3-2-4-20(15-18)38-19-7-9-29-10-8-19/h2-6,15-17,19,29H,7-14H2,1H3,(H,32,33)(H,34,35). The quantitative estimate of drug-likeness (QED) is 0.330. The van der Waals surface area contributed by atoms with E-state index in [0.29, 0.717) is 11.5 Å². The first-order chi connectivity index (χ1) is 18.7. The molecular weight excluding hydrogens is 478 g/mol. The number of likely N-dealkylation sites (N-methyl/N-ethyl adjacent to an activating group) is 1. The molecule has 0 atom stereocenters. The third-order valence-corrected chi connectivity index (χ3v) is 7.57. The number of fused-ring (bicyclic) bond motifs is 2. The number of nitrogens with zero attached hydrogens (tertiary/aromatic N) is 6. The molecule has 3 N–H and O–H groups in total. The molecule has 0 bridgehead atoms. The van der Waals surface area contributed by atoms with E-state index in [1.165, 1.54) is 0 Å². The monoisotopic (exact) mass is 509 g/mol. The second-order valence-electron chi connectivity index (χ2n) is 10.2. The minimum Gasteiger partial charge on any atom is -0.490 e. The number of rotatable bonds is 5. The second kappa shape index (κ2) is 9.70. The number of aromatic nitrogens is 6. The van der Waals surface area contributed by atoms with Gasteiger partial charge in [-0.15, -0.1) is 0 Å². The first-order valence-electron chi connectivity index (χ1n) is 13.3. The zero-order valence-corrected chi connectivity index (χ0v) is 21.4. The Labute approximate surface area is 220 Å². The van der Waals surface area contributed by atoms with E-state index in [1.54, 1.807) is 0 Å². The first kappa shape index (κ1) is 23.1. The van der Waals surface area contributed by atoms with Gasteiger partial charge in [0.15, 0.2) is 11.5 Å². The van der Waals surface area contributed by atoms with Crippen molar-refractivity contribution in [3.63, 3.8) is 0 Å². The van der Waals surface area contributed by atoms with Crippen LogP contribution < -0.4 is 15.0 Å². The van der Waals surface area contributed by atoms with Crippen LogP contribution in [0.1, 0.15) is 12.8 Å². The van der Waals surface area contributed by atoms with E-state index in [0.717, 1.165) is 96.9 Å². The highest BCUT2D eigenvalue weighted by molar-refractivity contribution is 5.94. The lowest BCUT2D eigenvalue weighted by molar-refractivity contribution is 0.162. The molecule has 194 valence electrons. The number of hydrogen-bond acceptors (Lipinski definition) is 8. The Kier molecular flexibility index (Phi) is 5.90.